The van der Waals surface area contributed by atoms with Crippen LogP contribution in [0.2, 0.25) is 0 Å². The van der Waals surface area contributed by atoms with Crippen molar-refractivity contribution < 1.29 is 4.79 Å². The van der Waals surface area contributed by atoms with Crippen LogP contribution in [0, 0.1) is 11.8 Å². The summed E-state index contributed by atoms with van der Waals surface area (Å²) in [6.45, 7) is 9.10. The number of nitrogens with zero attached hydrogens (tertiary/aromatic N) is 3. The second-order valence-corrected chi connectivity index (χ2v) is 5.60. The number of likely N-dealkylation sites (tertiary alicyclic amines) is 1. The average Bonchev–Trinajstić information content (AvgIpc) is 2.75. The van der Waals surface area contributed by atoms with Gasteiger partial charge in [-0.15, -0.1) is 0 Å². The molecule has 0 saturated carbocycles. The van der Waals surface area contributed by atoms with Gasteiger partial charge in [0.2, 0.25) is 0 Å². The van der Waals surface area contributed by atoms with E-state index >= 15 is 0 Å². The molecule has 1 fully saturated rings. The Balaban J connectivity index is 2.12. The lowest BCUT2D eigenvalue weighted by molar-refractivity contribution is 0.0610. The van der Waals surface area contributed by atoms with Gasteiger partial charge in [0.25, 0.3) is 5.91 Å². The molecule has 1 aliphatic rings. The number of aryl methyl sites for hydroxylation is 1. The average molecular weight is 249 g/mol. The summed E-state index contributed by atoms with van der Waals surface area (Å²) in [7, 11) is 0. The normalized spacial score (nSPS) is 24.3. The van der Waals surface area contributed by atoms with Crippen molar-refractivity contribution in [2.75, 3.05) is 13.1 Å². The van der Waals surface area contributed by atoms with Gasteiger partial charge in [-0.25, -0.2) is 0 Å². The molecule has 4 heteroatoms. The number of aromatic nitrogens is 2. The molecule has 0 radical (unpaired) electrons. The van der Waals surface area contributed by atoms with E-state index in [-0.39, 0.29) is 5.91 Å². The molecular formula is C14H23N3O. The maximum atomic E-state index is 12.5. The first-order chi connectivity index (χ1) is 8.61. The van der Waals surface area contributed by atoms with Gasteiger partial charge in [0.15, 0.2) is 0 Å². The predicted octanol–water partition coefficient (Wildman–Crippen LogP) is 2.41. The van der Waals surface area contributed by atoms with Crippen LogP contribution in [0.15, 0.2) is 12.3 Å². The fourth-order valence-electron chi connectivity index (χ4n) is 2.90. The standard InChI is InChI=1S/C14H23N3O/c1-4-7-17-13(5-6-15-17)14(18)16-9-11(2)8-12(3)10-16/h5-6,11-12H,4,7-10H2,1-3H3/t11-,12-/m0/s1. The number of carbonyl (C=O) groups excluding carboxylic acids is 1. The van der Waals surface area contributed by atoms with Crippen LogP contribution >= 0.6 is 0 Å². The van der Waals surface area contributed by atoms with Crippen molar-refractivity contribution in [3.8, 4) is 0 Å². The molecule has 100 valence electrons. The number of amides is 1. The largest absolute Gasteiger partial charge is 0.337 e. The quantitative estimate of drug-likeness (QED) is 0.825. The first kappa shape index (κ1) is 13.1. The summed E-state index contributed by atoms with van der Waals surface area (Å²) in [6.07, 6.45) is 3.94. The third kappa shape index (κ3) is 2.74. The molecular weight excluding hydrogens is 226 g/mol. The van der Waals surface area contributed by atoms with E-state index < -0.39 is 0 Å². The van der Waals surface area contributed by atoms with Crippen LogP contribution in [-0.2, 0) is 6.54 Å². The van der Waals surface area contributed by atoms with Gasteiger partial charge in [0.05, 0.1) is 0 Å². The molecule has 0 aliphatic carbocycles. The summed E-state index contributed by atoms with van der Waals surface area (Å²) < 4.78 is 1.83. The van der Waals surface area contributed by atoms with E-state index in [0.717, 1.165) is 31.7 Å². The lowest BCUT2D eigenvalue weighted by Crippen LogP contribution is -2.43. The number of carbonyl (C=O) groups is 1. The third-order valence-corrected chi connectivity index (χ3v) is 3.53. The van der Waals surface area contributed by atoms with E-state index in [0.29, 0.717) is 11.8 Å². The van der Waals surface area contributed by atoms with Crippen molar-refractivity contribution in [2.24, 2.45) is 11.8 Å². The maximum absolute atomic E-state index is 12.5. The molecule has 0 bridgehead atoms. The van der Waals surface area contributed by atoms with Gasteiger partial charge in [-0.3, -0.25) is 9.48 Å². The number of hydrogen-bond acceptors (Lipinski definition) is 2. The van der Waals surface area contributed by atoms with Crippen molar-refractivity contribution in [1.82, 2.24) is 14.7 Å². The van der Waals surface area contributed by atoms with Crippen LogP contribution in [-0.4, -0.2) is 33.7 Å². The second kappa shape index (κ2) is 5.55. The van der Waals surface area contributed by atoms with Crippen LogP contribution in [0.4, 0.5) is 0 Å². The topological polar surface area (TPSA) is 38.1 Å². The molecule has 1 aliphatic heterocycles. The van der Waals surface area contributed by atoms with E-state index in [1.54, 1.807) is 6.20 Å². The van der Waals surface area contributed by atoms with Gasteiger partial charge in [-0.1, -0.05) is 20.8 Å². The fraction of sp³-hybridized carbons (Fsp3) is 0.714. The third-order valence-electron chi connectivity index (χ3n) is 3.53. The zero-order valence-corrected chi connectivity index (χ0v) is 11.6. The van der Waals surface area contributed by atoms with Crippen LogP contribution < -0.4 is 0 Å². The summed E-state index contributed by atoms with van der Waals surface area (Å²) in [5.41, 5.74) is 0.734. The summed E-state index contributed by atoms with van der Waals surface area (Å²) in [5, 5.41) is 4.23. The van der Waals surface area contributed by atoms with Crippen LogP contribution in [0.3, 0.4) is 0 Å². The summed E-state index contributed by atoms with van der Waals surface area (Å²) >= 11 is 0. The maximum Gasteiger partial charge on any atom is 0.272 e. The zero-order valence-electron chi connectivity index (χ0n) is 11.6. The Hall–Kier alpha value is -1.32. The van der Waals surface area contributed by atoms with Gasteiger partial charge in [-0.2, -0.15) is 5.10 Å². The number of piperidine rings is 1. The highest BCUT2D eigenvalue weighted by molar-refractivity contribution is 5.92. The van der Waals surface area contributed by atoms with Gasteiger partial charge in [0.1, 0.15) is 5.69 Å². The Morgan fingerprint density at radius 1 is 1.39 bits per heavy atom. The van der Waals surface area contributed by atoms with Crippen molar-refractivity contribution >= 4 is 5.91 Å². The Morgan fingerprint density at radius 2 is 2.06 bits per heavy atom. The van der Waals surface area contributed by atoms with E-state index in [1.165, 1.54) is 6.42 Å². The molecule has 0 unspecified atom stereocenters. The lowest BCUT2D eigenvalue weighted by atomic mass is 9.92. The molecule has 2 heterocycles. The summed E-state index contributed by atoms with van der Waals surface area (Å²) in [4.78, 5) is 14.5. The van der Waals surface area contributed by atoms with Crippen LogP contribution in [0.25, 0.3) is 0 Å². The fourth-order valence-corrected chi connectivity index (χ4v) is 2.90. The summed E-state index contributed by atoms with van der Waals surface area (Å²) in [6, 6.07) is 1.84. The zero-order chi connectivity index (χ0) is 13.1. The minimum atomic E-state index is 0.138. The van der Waals surface area contributed by atoms with Crippen LogP contribution in [0.1, 0.15) is 44.1 Å². The lowest BCUT2D eigenvalue weighted by Gasteiger charge is -2.35. The van der Waals surface area contributed by atoms with Crippen molar-refractivity contribution in [2.45, 2.75) is 40.2 Å². The monoisotopic (exact) mass is 249 g/mol. The predicted molar refractivity (Wildman–Crippen MR) is 71.4 cm³/mol. The molecule has 0 spiro atoms. The molecule has 2 rings (SSSR count). The van der Waals surface area contributed by atoms with Gasteiger partial charge >= 0.3 is 0 Å². The van der Waals surface area contributed by atoms with Gasteiger partial charge < -0.3 is 4.90 Å². The number of rotatable bonds is 3. The van der Waals surface area contributed by atoms with E-state index in [2.05, 4.69) is 25.9 Å². The van der Waals surface area contributed by atoms with Crippen molar-refractivity contribution in [3.63, 3.8) is 0 Å². The van der Waals surface area contributed by atoms with Crippen LogP contribution in [0.5, 0.6) is 0 Å². The highest BCUT2D eigenvalue weighted by Gasteiger charge is 2.27. The van der Waals surface area contributed by atoms with Gasteiger partial charge in [0, 0.05) is 25.8 Å². The number of hydrogen-bond donors (Lipinski definition) is 0. The smallest absolute Gasteiger partial charge is 0.272 e. The Kier molecular flexibility index (Phi) is 4.04. The SMILES string of the molecule is CCCn1nccc1C(=O)N1C[C@@H](C)C[C@H](C)C1. The Morgan fingerprint density at radius 3 is 2.67 bits per heavy atom. The Labute approximate surface area is 109 Å². The molecule has 1 amide bonds. The van der Waals surface area contributed by atoms with Crippen molar-refractivity contribution in [3.05, 3.63) is 18.0 Å². The molecule has 1 saturated heterocycles. The van der Waals surface area contributed by atoms with E-state index in [9.17, 15) is 4.79 Å². The molecule has 1 aromatic rings. The van der Waals surface area contributed by atoms with Gasteiger partial charge in [-0.05, 0) is 30.7 Å². The second-order valence-electron chi connectivity index (χ2n) is 5.60. The first-order valence-electron chi connectivity index (χ1n) is 6.93. The summed E-state index contributed by atoms with van der Waals surface area (Å²) in [5.74, 6) is 1.33. The highest BCUT2D eigenvalue weighted by Crippen LogP contribution is 2.22. The van der Waals surface area contributed by atoms with Crippen molar-refractivity contribution in [1.29, 1.82) is 0 Å². The van der Waals surface area contributed by atoms with E-state index in [4.69, 9.17) is 0 Å². The molecule has 0 N–H and O–H groups in total. The minimum Gasteiger partial charge on any atom is -0.337 e. The molecule has 18 heavy (non-hydrogen) atoms. The highest BCUT2D eigenvalue weighted by atomic mass is 16.2. The first-order valence-corrected chi connectivity index (χ1v) is 6.93. The molecule has 1 aromatic heterocycles. The Bertz CT molecular complexity index is 403. The van der Waals surface area contributed by atoms with E-state index in [1.807, 2.05) is 15.6 Å². The minimum absolute atomic E-state index is 0.138. The molecule has 4 nitrogen and oxygen atoms in total. The molecule has 0 aromatic carbocycles. The molecule has 2 atom stereocenters.